The van der Waals surface area contributed by atoms with Gasteiger partial charge in [0.05, 0.1) is 25.5 Å². The highest BCUT2D eigenvalue weighted by Gasteiger charge is 2.13. The topological polar surface area (TPSA) is 56.1 Å². The van der Waals surface area contributed by atoms with Gasteiger partial charge in [-0.3, -0.25) is 9.48 Å². The molecule has 2 aromatic carbocycles. The average Bonchev–Trinajstić information content (AvgIpc) is 3.02. The summed E-state index contributed by atoms with van der Waals surface area (Å²) in [4.78, 5) is 12.5. The Labute approximate surface area is 151 Å². The molecule has 0 saturated heterocycles. The number of nitrogens with one attached hydrogen (secondary N) is 1. The first kappa shape index (κ1) is 17.0. The number of carbonyl (C=O) groups is 1. The van der Waals surface area contributed by atoms with E-state index in [0.717, 1.165) is 11.1 Å². The van der Waals surface area contributed by atoms with Crippen molar-refractivity contribution in [3.05, 3.63) is 76.6 Å². The molecule has 0 aliphatic heterocycles. The molecule has 3 rings (SSSR count). The molecule has 25 heavy (non-hydrogen) atoms. The Morgan fingerprint density at radius 1 is 1.28 bits per heavy atom. The number of halogens is 1. The zero-order valence-corrected chi connectivity index (χ0v) is 14.7. The van der Waals surface area contributed by atoms with E-state index in [4.69, 9.17) is 16.3 Å². The highest BCUT2D eigenvalue weighted by atomic mass is 35.5. The minimum atomic E-state index is -0.196. The SMILES string of the molecule is COc1cccc(C(=O)Nc2cnn(Cc3cccc(Cl)c3)c2)c1C. The van der Waals surface area contributed by atoms with Crippen molar-refractivity contribution in [1.82, 2.24) is 9.78 Å². The van der Waals surface area contributed by atoms with Crippen LogP contribution in [0.2, 0.25) is 5.02 Å². The van der Waals surface area contributed by atoms with Gasteiger partial charge in [0.2, 0.25) is 0 Å². The summed E-state index contributed by atoms with van der Waals surface area (Å²) in [5.41, 5.74) is 3.04. The van der Waals surface area contributed by atoms with Crippen molar-refractivity contribution in [2.24, 2.45) is 0 Å². The lowest BCUT2D eigenvalue weighted by molar-refractivity contribution is 0.102. The van der Waals surface area contributed by atoms with E-state index in [0.29, 0.717) is 28.6 Å². The third-order valence-electron chi connectivity index (χ3n) is 3.87. The lowest BCUT2D eigenvalue weighted by Crippen LogP contribution is -2.13. The molecule has 1 amide bonds. The third kappa shape index (κ3) is 4.00. The lowest BCUT2D eigenvalue weighted by atomic mass is 10.1. The number of benzene rings is 2. The Morgan fingerprint density at radius 3 is 2.84 bits per heavy atom. The smallest absolute Gasteiger partial charge is 0.256 e. The van der Waals surface area contributed by atoms with E-state index in [2.05, 4.69) is 10.4 Å². The number of hydrogen-bond donors (Lipinski definition) is 1. The van der Waals surface area contributed by atoms with E-state index in [1.54, 1.807) is 36.3 Å². The highest BCUT2D eigenvalue weighted by molar-refractivity contribution is 6.30. The zero-order chi connectivity index (χ0) is 17.8. The summed E-state index contributed by atoms with van der Waals surface area (Å²) in [6.07, 6.45) is 3.41. The Kier molecular flexibility index (Phi) is 5.05. The number of nitrogens with zero attached hydrogens (tertiary/aromatic N) is 2. The van der Waals surface area contributed by atoms with Gasteiger partial charge in [0.25, 0.3) is 5.91 Å². The van der Waals surface area contributed by atoms with Gasteiger partial charge in [-0.15, -0.1) is 0 Å². The van der Waals surface area contributed by atoms with Gasteiger partial charge in [-0.25, -0.2) is 0 Å². The van der Waals surface area contributed by atoms with Crippen LogP contribution < -0.4 is 10.1 Å². The minimum Gasteiger partial charge on any atom is -0.496 e. The quantitative estimate of drug-likeness (QED) is 0.747. The largest absolute Gasteiger partial charge is 0.496 e. The second-order valence-corrected chi connectivity index (χ2v) is 6.08. The maximum absolute atomic E-state index is 12.5. The second-order valence-electron chi connectivity index (χ2n) is 5.64. The molecular formula is C19H18ClN3O2. The van der Waals surface area contributed by atoms with Crippen LogP contribution in [0.3, 0.4) is 0 Å². The van der Waals surface area contributed by atoms with Gasteiger partial charge < -0.3 is 10.1 Å². The number of rotatable bonds is 5. The summed E-state index contributed by atoms with van der Waals surface area (Å²) in [6, 6.07) is 13.0. The molecule has 0 radical (unpaired) electrons. The number of methoxy groups -OCH3 is 1. The Balaban J connectivity index is 1.72. The Morgan fingerprint density at radius 2 is 2.08 bits per heavy atom. The lowest BCUT2D eigenvalue weighted by Gasteiger charge is -2.09. The Hall–Kier alpha value is -2.79. The number of carbonyl (C=O) groups excluding carboxylic acids is 1. The fourth-order valence-electron chi connectivity index (χ4n) is 2.62. The van der Waals surface area contributed by atoms with Crippen molar-refractivity contribution in [3.63, 3.8) is 0 Å². The summed E-state index contributed by atoms with van der Waals surface area (Å²) in [7, 11) is 1.59. The second kappa shape index (κ2) is 7.40. The summed E-state index contributed by atoms with van der Waals surface area (Å²) in [6.45, 7) is 2.44. The standard InChI is InChI=1S/C19H18ClN3O2/c1-13-17(7-4-8-18(13)25-2)19(24)22-16-10-21-23(12-16)11-14-5-3-6-15(20)9-14/h3-10,12H,11H2,1-2H3,(H,22,24). The predicted octanol–water partition coefficient (Wildman–Crippen LogP) is 4.15. The van der Waals surface area contributed by atoms with Crippen LogP contribution in [0.15, 0.2) is 54.9 Å². The summed E-state index contributed by atoms with van der Waals surface area (Å²) in [5.74, 6) is 0.489. The van der Waals surface area contributed by atoms with E-state index in [9.17, 15) is 4.79 Å². The monoisotopic (exact) mass is 355 g/mol. The average molecular weight is 356 g/mol. The van der Waals surface area contributed by atoms with E-state index >= 15 is 0 Å². The van der Waals surface area contributed by atoms with Gasteiger partial charge in [-0.05, 0) is 36.8 Å². The first-order valence-corrected chi connectivity index (χ1v) is 8.16. The van der Waals surface area contributed by atoms with Gasteiger partial charge in [0.15, 0.2) is 0 Å². The van der Waals surface area contributed by atoms with Gasteiger partial charge >= 0.3 is 0 Å². The molecule has 128 valence electrons. The molecular weight excluding hydrogens is 338 g/mol. The molecule has 0 aliphatic rings. The van der Waals surface area contributed by atoms with E-state index in [1.807, 2.05) is 37.3 Å². The number of anilines is 1. The van der Waals surface area contributed by atoms with Crippen LogP contribution in [0, 0.1) is 6.92 Å². The van der Waals surface area contributed by atoms with Crippen LogP contribution in [0.25, 0.3) is 0 Å². The van der Waals surface area contributed by atoms with Gasteiger partial charge in [-0.2, -0.15) is 5.10 Å². The van der Waals surface area contributed by atoms with Crippen LogP contribution in [0.1, 0.15) is 21.5 Å². The van der Waals surface area contributed by atoms with E-state index in [1.165, 1.54) is 0 Å². The van der Waals surface area contributed by atoms with Crippen LogP contribution >= 0.6 is 11.6 Å². The van der Waals surface area contributed by atoms with Crippen molar-refractivity contribution in [2.45, 2.75) is 13.5 Å². The Bertz CT molecular complexity index is 905. The van der Waals surface area contributed by atoms with Crippen molar-refractivity contribution in [3.8, 4) is 5.75 Å². The molecule has 0 unspecified atom stereocenters. The first-order chi connectivity index (χ1) is 12.1. The zero-order valence-electron chi connectivity index (χ0n) is 14.0. The van der Waals surface area contributed by atoms with Crippen molar-refractivity contribution < 1.29 is 9.53 Å². The molecule has 0 spiro atoms. The highest BCUT2D eigenvalue weighted by Crippen LogP contribution is 2.22. The summed E-state index contributed by atoms with van der Waals surface area (Å²) >= 11 is 6.00. The molecule has 0 fully saturated rings. The normalized spacial score (nSPS) is 10.5. The van der Waals surface area contributed by atoms with Crippen LogP contribution in [0.4, 0.5) is 5.69 Å². The molecule has 0 aliphatic carbocycles. The minimum absolute atomic E-state index is 0.196. The molecule has 0 saturated carbocycles. The molecule has 0 bridgehead atoms. The molecule has 3 aromatic rings. The fourth-order valence-corrected chi connectivity index (χ4v) is 2.83. The van der Waals surface area contributed by atoms with E-state index < -0.39 is 0 Å². The van der Waals surface area contributed by atoms with Crippen LogP contribution in [-0.4, -0.2) is 22.8 Å². The molecule has 1 heterocycles. The van der Waals surface area contributed by atoms with Crippen LogP contribution in [-0.2, 0) is 6.54 Å². The summed E-state index contributed by atoms with van der Waals surface area (Å²) in [5, 5.41) is 7.83. The number of aromatic nitrogens is 2. The van der Waals surface area contributed by atoms with Crippen molar-refractivity contribution in [1.29, 1.82) is 0 Å². The number of ether oxygens (including phenoxy) is 1. The first-order valence-electron chi connectivity index (χ1n) is 7.78. The molecule has 5 nitrogen and oxygen atoms in total. The number of hydrogen-bond acceptors (Lipinski definition) is 3. The van der Waals surface area contributed by atoms with E-state index in [-0.39, 0.29) is 5.91 Å². The van der Waals surface area contributed by atoms with Crippen molar-refractivity contribution >= 4 is 23.2 Å². The molecule has 0 atom stereocenters. The van der Waals surface area contributed by atoms with Gasteiger partial charge in [0.1, 0.15) is 5.75 Å². The van der Waals surface area contributed by atoms with Gasteiger partial charge in [-0.1, -0.05) is 29.8 Å². The van der Waals surface area contributed by atoms with Crippen LogP contribution in [0.5, 0.6) is 5.75 Å². The molecule has 1 N–H and O–H groups in total. The fraction of sp³-hybridized carbons (Fsp3) is 0.158. The predicted molar refractivity (Wildman–Crippen MR) is 98.5 cm³/mol. The molecule has 6 heteroatoms. The van der Waals surface area contributed by atoms with Gasteiger partial charge in [0, 0.05) is 22.3 Å². The maximum Gasteiger partial charge on any atom is 0.256 e. The summed E-state index contributed by atoms with van der Waals surface area (Å²) < 4.78 is 7.01. The third-order valence-corrected chi connectivity index (χ3v) is 4.11. The maximum atomic E-state index is 12.5. The number of amides is 1. The molecule has 1 aromatic heterocycles. The van der Waals surface area contributed by atoms with Crippen molar-refractivity contribution in [2.75, 3.05) is 12.4 Å².